The molecule has 2 atom stereocenters. The first-order valence-electron chi connectivity index (χ1n) is 5.90. The second-order valence-corrected chi connectivity index (χ2v) is 4.58. The summed E-state index contributed by atoms with van der Waals surface area (Å²) in [6, 6.07) is 1.82. The molecule has 0 bridgehead atoms. The quantitative estimate of drug-likeness (QED) is 0.844. The van der Waals surface area contributed by atoms with Crippen LogP contribution in [0.1, 0.15) is 20.3 Å². The van der Waals surface area contributed by atoms with Gasteiger partial charge >= 0.3 is 0 Å². The van der Waals surface area contributed by atoms with E-state index in [2.05, 4.69) is 29.1 Å². The topological polar surface area (TPSA) is 47.0 Å². The fourth-order valence-corrected chi connectivity index (χ4v) is 2.22. The van der Waals surface area contributed by atoms with Crippen molar-refractivity contribution in [2.24, 2.45) is 11.8 Å². The summed E-state index contributed by atoms with van der Waals surface area (Å²) in [5, 5.41) is 3.27. The summed E-state index contributed by atoms with van der Waals surface area (Å²) in [5.41, 5.74) is 0. The Balaban J connectivity index is 1.86. The third-order valence-corrected chi connectivity index (χ3v) is 3.01. The van der Waals surface area contributed by atoms with Crippen LogP contribution in [0.5, 0.6) is 0 Å². The molecule has 4 nitrogen and oxygen atoms in total. The maximum absolute atomic E-state index is 5.73. The van der Waals surface area contributed by atoms with Gasteiger partial charge in [0.25, 0.3) is 0 Å². The molecule has 4 heteroatoms. The first-order valence-corrected chi connectivity index (χ1v) is 5.90. The number of nitrogens with one attached hydrogen (secondary N) is 1. The molecule has 0 aromatic carbocycles. The number of hydrogen-bond donors (Lipinski definition) is 1. The van der Waals surface area contributed by atoms with Crippen LogP contribution in [-0.4, -0.2) is 29.2 Å². The van der Waals surface area contributed by atoms with Crippen molar-refractivity contribution >= 4 is 5.95 Å². The zero-order valence-corrected chi connectivity index (χ0v) is 9.89. The number of rotatable bonds is 4. The van der Waals surface area contributed by atoms with Crippen molar-refractivity contribution in [2.45, 2.75) is 26.4 Å². The summed E-state index contributed by atoms with van der Waals surface area (Å²) < 4.78 is 5.73. The van der Waals surface area contributed by atoms with Crippen molar-refractivity contribution in [1.82, 2.24) is 9.97 Å². The SMILES string of the molecule is CC(C)[C@H]1OCC[C@@H]1CNc1ncccn1. The number of hydrogen-bond acceptors (Lipinski definition) is 4. The van der Waals surface area contributed by atoms with Gasteiger partial charge in [0.2, 0.25) is 5.95 Å². The van der Waals surface area contributed by atoms with Gasteiger partial charge in [-0.3, -0.25) is 0 Å². The number of anilines is 1. The minimum atomic E-state index is 0.371. The highest BCUT2D eigenvalue weighted by Gasteiger charge is 2.30. The van der Waals surface area contributed by atoms with Gasteiger partial charge in [0.05, 0.1) is 6.10 Å². The van der Waals surface area contributed by atoms with Crippen LogP contribution in [0.4, 0.5) is 5.95 Å². The molecule has 1 fully saturated rings. The molecule has 0 amide bonds. The van der Waals surface area contributed by atoms with Crippen molar-refractivity contribution in [3.8, 4) is 0 Å². The molecule has 1 aromatic rings. The minimum absolute atomic E-state index is 0.371. The Morgan fingerprint density at radius 3 is 2.88 bits per heavy atom. The molecule has 1 aromatic heterocycles. The number of ether oxygens (including phenoxy) is 1. The van der Waals surface area contributed by atoms with Crippen molar-refractivity contribution in [3.05, 3.63) is 18.5 Å². The Morgan fingerprint density at radius 2 is 2.19 bits per heavy atom. The molecule has 0 aliphatic carbocycles. The maximum Gasteiger partial charge on any atom is 0.222 e. The van der Waals surface area contributed by atoms with Crippen LogP contribution in [0.25, 0.3) is 0 Å². The Kier molecular flexibility index (Phi) is 3.72. The van der Waals surface area contributed by atoms with Gasteiger partial charge in [0, 0.05) is 31.5 Å². The van der Waals surface area contributed by atoms with Gasteiger partial charge in [-0.15, -0.1) is 0 Å². The lowest BCUT2D eigenvalue weighted by molar-refractivity contribution is 0.0566. The summed E-state index contributed by atoms with van der Waals surface area (Å²) in [4.78, 5) is 8.29. The third-order valence-electron chi connectivity index (χ3n) is 3.01. The lowest BCUT2D eigenvalue weighted by Gasteiger charge is -2.22. The average Bonchev–Trinajstić information content (AvgIpc) is 2.76. The number of aromatic nitrogens is 2. The predicted octanol–water partition coefficient (Wildman–Crippen LogP) is 1.95. The van der Waals surface area contributed by atoms with Crippen LogP contribution in [-0.2, 0) is 4.74 Å². The Labute approximate surface area is 96.4 Å². The van der Waals surface area contributed by atoms with E-state index in [1.165, 1.54) is 0 Å². The highest BCUT2D eigenvalue weighted by atomic mass is 16.5. The van der Waals surface area contributed by atoms with E-state index in [1.807, 2.05) is 6.07 Å². The van der Waals surface area contributed by atoms with E-state index in [-0.39, 0.29) is 0 Å². The molecule has 1 aliphatic rings. The highest BCUT2D eigenvalue weighted by Crippen LogP contribution is 2.26. The largest absolute Gasteiger partial charge is 0.378 e. The first-order chi connectivity index (χ1) is 7.77. The van der Waals surface area contributed by atoms with Gasteiger partial charge in [-0.25, -0.2) is 9.97 Å². The lowest BCUT2D eigenvalue weighted by atomic mass is 9.93. The fraction of sp³-hybridized carbons (Fsp3) is 0.667. The van der Waals surface area contributed by atoms with Crippen molar-refractivity contribution < 1.29 is 4.74 Å². The Bertz CT molecular complexity index is 315. The smallest absolute Gasteiger partial charge is 0.222 e. The standard InChI is InChI=1S/C12H19N3O/c1-9(2)11-10(4-7-16-11)8-15-12-13-5-3-6-14-12/h3,5-6,9-11H,4,7-8H2,1-2H3,(H,13,14,15)/t10-,11-/m1/s1. The van der Waals surface area contributed by atoms with Crippen LogP contribution >= 0.6 is 0 Å². The first kappa shape index (κ1) is 11.3. The molecule has 1 aliphatic heterocycles. The van der Waals surface area contributed by atoms with Crippen molar-refractivity contribution in [3.63, 3.8) is 0 Å². The second-order valence-electron chi connectivity index (χ2n) is 4.58. The average molecular weight is 221 g/mol. The van der Waals surface area contributed by atoms with E-state index in [1.54, 1.807) is 12.4 Å². The maximum atomic E-state index is 5.73. The molecule has 0 spiro atoms. The van der Waals surface area contributed by atoms with E-state index in [0.717, 1.165) is 19.6 Å². The fourth-order valence-electron chi connectivity index (χ4n) is 2.22. The summed E-state index contributed by atoms with van der Waals surface area (Å²) in [7, 11) is 0. The Morgan fingerprint density at radius 1 is 1.44 bits per heavy atom. The van der Waals surface area contributed by atoms with E-state index in [0.29, 0.717) is 23.9 Å². The molecule has 0 unspecified atom stereocenters. The second kappa shape index (κ2) is 5.25. The van der Waals surface area contributed by atoms with E-state index >= 15 is 0 Å². The summed E-state index contributed by atoms with van der Waals surface area (Å²) in [6.07, 6.45) is 5.00. The molecule has 0 radical (unpaired) electrons. The van der Waals surface area contributed by atoms with E-state index in [4.69, 9.17) is 4.74 Å². The van der Waals surface area contributed by atoms with Crippen LogP contribution < -0.4 is 5.32 Å². The van der Waals surface area contributed by atoms with Gasteiger partial charge in [-0.1, -0.05) is 13.8 Å². The van der Waals surface area contributed by atoms with Gasteiger partial charge in [0.1, 0.15) is 0 Å². The van der Waals surface area contributed by atoms with Gasteiger partial charge in [-0.2, -0.15) is 0 Å². The van der Waals surface area contributed by atoms with Crippen LogP contribution in [0.3, 0.4) is 0 Å². The van der Waals surface area contributed by atoms with Crippen LogP contribution in [0.2, 0.25) is 0 Å². The van der Waals surface area contributed by atoms with Gasteiger partial charge in [-0.05, 0) is 18.4 Å². The normalized spacial score (nSPS) is 24.9. The zero-order chi connectivity index (χ0) is 11.4. The van der Waals surface area contributed by atoms with Crippen LogP contribution in [0, 0.1) is 11.8 Å². The molecule has 0 saturated carbocycles. The summed E-state index contributed by atoms with van der Waals surface area (Å²) in [5.74, 6) is 1.85. The predicted molar refractivity (Wildman–Crippen MR) is 63.2 cm³/mol. The van der Waals surface area contributed by atoms with Gasteiger partial charge < -0.3 is 10.1 Å². The summed E-state index contributed by atoms with van der Waals surface area (Å²) in [6.45, 7) is 6.20. The highest BCUT2D eigenvalue weighted by molar-refractivity contribution is 5.22. The molecule has 1 saturated heterocycles. The number of nitrogens with zero attached hydrogens (tertiary/aromatic N) is 2. The summed E-state index contributed by atoms with van der Waals surface area (Å²) >= 11 is 0. The molecule has 88 valence electrons. The molecular weight excluding hydrogens is 202 g/mol. The van der Waals surface area contributed by atoms with Crippen molar-refractivity contribution in [2.75, 3.05) is 18.5 Å². The van der Waals surface area contributed by atoms with E-state index in [9.17, 15) is 0 Å². The molecular formula is C12H19N3O. The Hall–Kier alpha value is -1.16. The monoisotopic (exact) mass is 221 g/mol. The van der Waals surface area contributed by atoms with Crippen molar-refractivity contribution in [1.29, 1.82) is 0 Å². The lowest BCUT2D eigenvalue weighted by Crippen LogP contribution is -2.28. The van der Waals surface area contributed by atoms with Crippen LogP contribution in [0.15, 0.2) is 18.5 Å². The van der Waals surface area contributed by atoms with Gasteiger partial charge in [0.15, 0.2) is 0 Å². The zero-order valence-electron chi connectivity index (χ0n) is 9.89. The molecule has 2 rings (SSSR count). The molecule has 2 heterocycles. The molecule has 16 heavy (non-hydrogen) atoms. The molecule has 1 N–H and O–H groups in total. The minimum Gasteiger partial charge on any atom is -0.378 e. The van der Waals surface area contributed by atoms with E-state index < -0.39 is 0 Å². The third kappa shape index (κ3) is 2.70.